The molecule has 5 nitrogen and oxygen atoms in total. The molecule has 5 heteroatoms. The molecule has 2 aromatic rings. The van der Waals surface area contributed by atoms with Crippen LogP contribution >= 0.6 is 0 Å². The molecule has 2 rings (SSSR count). The number of rotatable bonds is 4. The van der Waals surface area contributed by atoms with Crippen LogP contribution in [0.25, 0.3) is 11.2 Å². The number of aromatic amines is 1. The summed E-state index contributed by atoms with van der Waals surface area (Å²) in [4.78, 5) is 11.9. The molecule has 0 spiro atoms. The lowest BCUT2D eigenvalue weighted by atomic mass is 10.2. The van der Waals surface area contributed by atoms with Crippen LogP contribution in [0.5, 0.6) is 0 Å². The predicted molar refractivity (Wildman–Crippen MR) is 71.1 cm³/mol. The molecule has 2 N–H and O–H groups in total. The Morgan fingerprint density at radius 1 is 1.56 bits per heavy atom. The second kappa shape index (κ2) is 5.32. The third-order valence-corrected chi connectivity index (χ3v) is 2.43. The van der Waals surface area contributed by atoms with Gasteiger partial charge in [-0.2, -0.15) is 5.26 Å². The van der Waals surface area contributed by atoms with Crippen molar-refractivity contribution in [3.8, 4) is 6.07 Å². The summed E-state index contributed by atoms with van der Waals surface area (Å²) in [6.07, 6.45) is 7.56. The maximum atomic E-state index is 8.47. The summed E-state index contributed by atoms with van der Waals surface area (Å²) in [6, 6.07) is 2.29. The number of aromatic nitrogens is 3. The smallest absolute Gasteiger partial charge is 0.156 e. The number of anilines is 1. The highest BCUT2D eigenvalue weighted by Gasteiger charge is 2.07. The number of fused-ring (bicyclic) bond motifs is 1. The van der Waals surface area contributed by atoms with Crippen molar-refractivity contribution in [3.63, 3.8) is 0 Å². The molecule has 0 aromatic carbocycles. The summed E-state index contributed by atoms with van der Waals surface area (Å²) in [6.45, 7) is 4.11. The van der Waals surface area contributed by atoms with Gasteiger partial charge >= 0.3 is 0 Å². The Kier molecular flexibility index (Phi) is 3.58. The number of nitriles is 1. The largest absolute Gasteiger partial charge is 0.367 e. The Morgan fingerprint density at radius 2 is 2.39 bits per heavy atom. The first-order chi connectivity index (χ1) is 8.70. The Morgan fingerprint density at radius 3 is 3.11 bits per heavy atom. The molecule has 18 heavy (non-hydrogen) atoms. The van der Waals surface area contributed by atoms with Crippen molar-refractivity contribution in [2.75, 3.05) is 5.32 Å². The van der Waals surface area contributed by atoms with Crippen molar-refractivity contribution in [2.24, 2.45) is 0 Å². The second-order valence-corrected chi connectivity index (χ2v) is 4.30. The van der Waals surface area contributed by atoms with E-state index in [1.807, 2.05) is 18.3 Å². The van der Waals surface area contributed by atoms with E-state index in [1.54, 1.807) is 6.20 Å². The van der Waals surface area contributed by atoms with Gasteiger partial charge in [0.25, 0.3) is 0 Å². The van der Waals surface area contributed by atoms with Gasteiger partial charge < -0.3 is 10.3 Å². The summed E-state index contributed by atoms with van der Waals surface area (Å²) in [7, 11) is 0. The maximum Gasteiger partial charge on any atom is 0.156 e. The number of hydrogen-bond donors (Lipinski definition) is 2. The third kappa shape index (κ3) is 2.66. The fraction of sp³-hybridized carbons (Fsp3) is 0.308. The molecule has 0 unspecified atom stereocenters. The highest BCUT2D eigenvalue weighted by atomic mass is 15.0. The van der Waals surface area contributed by atoms with E-state index in [0.29, 0.717) is 12.5 Å². The molecule has 2 aromatic heterocycles. The van der Waals surface area contributed by atoms with Crippen LogP contribution in [0.4, 0.5) is 5.82 Å². The van der Waals surface area contributed by atoms with Crippen LogP contribution in [-0.2, 0) is 6.42 Å². The highest BCUT2D eigenvalue weighted by Crippen LogP contribution is 2.17. The van der Waals surface area contributed by atoms with E-state index in [1.165, 1.54) is 6.08 Å². The van der Waals surface area contributed by atoms with E-state index in [4.69, 9.17) is 5.26 Å². The van der Waals surface area contributed by atoms with Crippen molar-refractivity contribution < 1.29 is 0 Å². The van der Waals surface area contributed by atoms with Crippen LogP contribution in [0.1, 0.15) is 19.4 Å². The Hall–Kier alpha value is -2.35. The molecular weight excluding hydrogens is 226 g/mol. The molecule has 0 atom stereocenters. The molecular formula is C13H15N5. The normalized spacial score (nSPS) is 11.2. The zero-order chi connectivity index (χ0) is 13.0. The van der Waals surface area contributed by atoms with Crippen LogP contribution in [-0.4, -0.2) is 21.0 Å². The molecule has 0 aliphatic rings. The van der Waals surface area contributed by atoms with E-state index < -0.39 is 0 Å². The monoisotopic (exact) mass is 241 g/mol. The number of nitrogens with one attached hydrogen (secondary N) is 2. The minimum absolute atomic E-state index is 0.317. The molecule has 0 aliphatic carbocycles. The zero-order valence-electron chi connectivity index (χ0n) is 10.4. The van der Waals surface area contributed by atoms with Gasteiger partial charge in [-0.1, -0.05) is 6.08 Å². The molecule has 0 bridgehead atoms. The fourth-order valence-corrected chi connectivity index (χ4v) is 1.70. The summed E-state index contributed by atoms with van der Waals surface area (Å²) in [5.41, 5.74) is 2.66. The number of nitrogens with zero attached hydrogens (tertiary/aromatic N) is 3. The fourth-order valence-electron chi connectivity index (χ4n) is 1.70. The second-order valence-electron chi connectivity index (χ2n) is 4.30. The van der Waals surface area contributed by atoms with Gasteiger partial charge in [0.05, 0.1) is 12.3 Å². The van der Waals surface area contributed by atoms with Gasteiger partial charge in [-0.3, -0.25) is 0 Å². The summed E-state index contributed by atoms with van der Waals surface area (Å²) >= 11 is 0. The minimum atomic E-state index is 0.317. The quantitative estimate of drug-likeness (QED) is 0.806. The number of hydrogen-bond acceptors (Lipinski definition) is 4. The number of allylic oxidation sites excluding steroid dienone is 2. The number of H-pyrrole nitrogens is 1. The van der Waals surface area contributed by atoms with Gasteiger partial charge in [0.2, 0.25) is 0 Å². The van der Waals surface area contributed by atoms with E-state index >= 15 is 0 Å². The average molecular weight is 241 g/mol. The summed E-state index contributed by atoms with van der Waals surface area (Å²) < 4.78 is 0. The molecule has 0 amide bonds. The van der Waals surface area contributed by atoms with Gasteiger partial charge in [0, 0.05) is 23.9 Å². The van der Waals surface area contributed by atoms with Gasteiger partial charge in [-0.05, 0) is 20.3 Å². The molecule has 0 fully saturated rings. The van der Waals surface area contributed by atoms with Crippen molar-refractivity contribution in [1.29, 1.82) is 5.26 Å². The van der Waals surface area contributed by atoms with Gasteiger partial charge in [0.15, 0.2) is 5.65 Å². The van der Waals surface area contributed by atoms with Crippen molar-refractivity contribution in [3.05, 3.63) is 30.1 Å². The topological polar surface area (TPSA) is 77.4 Å². The molecule has 0 radical (unpaired) electrons. The van der Waals surface area contributed by atoms with E-state index in [9.17, 15) is 0 Å². The molecule has 0 saturated carbocycles. The lowest BCUT2D eigenvalue weighted by Gasteiger charge is -2.08. The Bertz CT molecular complexity index is 603. The first-order valence-corrected chi connectivity index (χ1v) is 5.85. The van der Waals surface area contributed by atoms with Crippen LogP contribution in [0.2, 0.25) is 0 Å². The third-order valence-electron chi connectivity index (χ3n) is 2.43. The van der Waals surface area contributed by atoms with Gasteiger partial charge in [0.1, 0.15) is 11.3 Å². The highest BCUT2D eigenvalue weighted by molar-refractivity contribution is 5.76. The van der Waals surface area contributed by atoms with Crippen molar-refractivity contribution in [1.82, 2.24) is 15.0 Å². The Labute approximate surface area is 106 Å². The molecule has 0 aliphatic heterocycles. The maximum absolute atomic E-state index is 8.47. The first kappa shape index (κ1) is 12.1. The SMILES string of the molecule is CC(C)Nc1cnc2[nH]cc(CC=CC#N)c2n1. The van der Waals surface area contributed by atoms with E-state index in [0.717, 1.165) is 22.5 Å². The lowest BCUT2D eigenvalue weighted by Crippen LogP contribution is -2.11. The van der Waals surface area contributed by atoms with Gasteiger partial charge in [-0.25, -0.2) is 9.97 Å². The van der Waals surface area contributed by atoms with Crippen molar-refractivity contribution in [2.45, 2.75) is 26.3 Å². The average Bonchev–Trinajstić information content (AvgIpc) is 2.72. The van der Waals surface area contributed by atoms with Crippen LogP contribution in [0.3, 0.4) is 0 Å². The predicted octanol–water partition coefficient (Wildman–Crippen LogP) is 2.40. The Balaban J connectivity index is 2.31. The van der Waals surface area contributed by atoms with Crippen LogP contribution in [0.15, 0.2) is 24.5 Å². The van der Waals surface area contributed by atoms with E-state index in [2.05, 4.69) is 34.1 Å². The van der Waals surface area contributed by atoms with Crippen LogP contribution < -0.4 is 5.32 Å². The van der Waals surface area contributed by atoms with E-state index in [-0.39, 0.29) is 0 Å². The standard InChI is InChI=1S/C13H15N5/c1-9(2)17-11-8-16-13-12(18-11)10(7-15-13)5-3-4-6-14/h3-4,7-9H,5H2,1-2H3,(H,15,16)(H,17,18). The molecule has 92 valence electrons. The molecule has 2 heterocycles. The summed E-state index contributed by atoms with van der Waals surface area (Å²) in [5, 5.41) is 11.7. The van der Waals surface area contributed by atoms with Crippen molar-refractivity contribution >= 4 is 17.0 Å². The zero-order valence-corrected chi connectivity index (χ0v) is 10.4. The lowest BCUT2D eigenvalue weighted by molar-refractivity contribution is 0.888. The minimum Gasteiger partial charge on any atom is -0.367 e. The summed E-state index contributed by atoms with van der Waals surface area (Å²) in [5.74, 6) is 0.766. The first-order valence-electron chi connectivity index (χ1n) is 5.85. The van der Waals surface area contributed by atoms with Crippen LogP contribution in [0, 0.1) is 11.3 Å². The van der Waals surface area contributed by atoms with Gasteiger partial charge in [-0.15, -0.1) is 0 Å². The molecule has 0 saturated heterocycles.